The van der Waals surface area contributed by atoms with E-state index in [4.69, 9.17) is 0 Å². The van der Waals surface area contributed by atoms with Gasteiger partial charge in [0.1, 0.15) is 5.82 Å². The molecule has 0 spiro atoms. The van der Waals surface area contributed by atoms with Crippen molar-refractivity contribution in [1.82, 2.24) is 0 Å². The fourth-order valence-electron chi connectivity index (χ4n) is 2.42. The number of anilines is 1. The van der Waals surface area contributed by atoms with Crippen LogP contribution in [0.1, 0.15) is 25.7 Å². The summed E-state index contributed by atoms with van der Waals surface area (Å²) >= 11 is 0. The molecule has 0 bridgehead atoms. The summed E-state index contributed by atoms with van der Waals surface area (Å²) in [5.41, 5.74) is -0.223. The Morgan fingerprint density at radius 1 is 0.850 bits per heavy atom. The molecule has 1 fully saturated rings. The second-order valence-corrected chi connectivity index (χ2v) is 4.98. The van der Waals surface area contributed by atoms with Gasteiger partial charge in [0.2, 0.25) is 0 Å². The van der Waals surface area contributed by atoms with Gasteiger partial charge in [-0.2, -0.15) is 13.2 Å². The van der Waals surface area contributed by atoms with E-state index in [2.05, 4.69) is 5.32 Å². The van der Waals surface area contributed by atoms with Crippen LogP contribution in [0.4, 0.5) is 32.0 Å². The topological polar surface area (TPSA) is 12.0 Å². The molecular weight excluding hydrogens is 284 g/mol. The summed E-state index contributed by atoms with van der Waals surface area (Å²) in [4.78, 5) is 0. The summed E-state index contributed by atoms with van der Waals surface area (Å²) in [7, 11) is 0. The molecule has 0 amide bonds. The van der Waals surface area contributed by atoms with E-state index in [0.717, 1.165) is 0 Å². The van der Waals surface area contributed by atoms with Crippen molar-refractivity contribution >= 4 is 5.69 Å². The first-order chi connectivity index (χ1) is 9.27. The molecule has 0 unspecified atom stereocenters. The third-order valence-electron chi connectivity index (χ3n) is 3.56. The Balaban J connectivity index is 1.98. The third kappa shape index (κ3) is 3.37. The highest BCUT2D eigenvalue weighted by molar-refractivity contribution is 5.46. The van der Waals surface area contributed by atoms with Gasteiger partial charge < -0.3 is 5.32 Å². The lowest BCUT2D eigenvalue weighted by atomic mass is 9.85. The maximum Gasteiger partial charge on any atom is 0.391 e. The van der Waals surface area contributed by atoms with Crippen LogP contribution in [0.3, 0.4) is 0 Å². The average molecular weight is 297 g/mol. The Kier molecular flexibility index (Phi) is 4.15. The van der Waals surface area contributed by atoms with Gasteiger partial charge in [-0.15, -0.1) is 0 Å². The van der Waals surface area contributed by atoms with Gasteiger partial charge in [-0.05, 0) is 25.7 Å². The molecule has 2 rings (SSSR count). The number of hydrogen-bond acceptors (Lipinski definition) is 1. The van der Waals surface area contributed by atoms with Gasteiger partial charge in [0.15, 0.2) is 11.6 Å². The normalized spacial score (nSPS) is 23.7. The van der Waals surface area contributed by atoms with Crippen LogP contribution >= 0.6 is 0 Å². The number of hydrogen-bond donors (Lipinski definition) is 1. The summed E-state index contributed by atoms with van der Waals surface area (Å²) in [5.74, 6) is -4.79. The predicted molar refractivity (Wildman–Crippen MR) is 61.7 cm³/mol. The largest absolute Gasteiger partial charge is 0.391 e. The molecule has 1 aliphatic carbocycles. The lowest BCUT2D eigenvalue weighted by molar-refractivity contribution is -0.182. The minimum absolute atomic E-state index is 0.0491. The van der Waals surface area contributed by atoms with Crippen LogP contribution < -0.4 is 5.32 Å². The van der Waals surface area contributed by atoms with Crippen molar-refractivity contribution < 1.29 is 26.3 Å². The summed E-state index contributed by atoms with van der Waals surface area (Å²) in [5, 5.41) is 2.64. The second kappa shape index (κ2) is 5.54. The van der Waals surface area contributed by atoms with Gasteiger partial charge in [-0.3, -0.25) is 0 Å². The van der Waals surface area contributed by atoms with E-state index in [1.165, 1.54) is 0 Å². The molecule has 0 aromatic heterocycles. The molecule has 1 saturated carbocycles. The second-order valence-electron chi connectivity index (χ2n) is 4.98. The molecular formula is C13H13F6N. The molecule has 1 N–H and O–H groups in total. The maximum absolute atomic E-state index is 13.4. The predicted octanol–water partition coefficient (Wildman–Crippen LogP) is 4.64. The van der Waals surface area contributed by atoms with Crippen molar-refractivity contribution in [2.75, 3.05) is 5.32 Å². The molecule has 0 heterocycles. The number of nitrogens with one attached hydrogen (secondary N) is 1. The lowest BCUT2D eigenvalue weighted by Gasteiger charge is -2.30. The first-order valence-electron chi connectivity index (χ1n) is 6.25. The van der Waals surface area contributed by atoms with Crippen LogP contribution in [0.15, 0.2) is 12.1 Å². The minimum Gasteiger partial charge on any atom is -0.380 e. The number of rotatable bonds is 2. The van der Waals surface area contributed by atoms with Crippen molar-refractivity contribution in [1.29, 1.82) is 0 Å². The highest BCUT2D eigenvalue weighted by Crippen LogP contribution is 2.38. The zero-order valence-corrected chi connectivity index (χ0v) is 10.4. The van der Waals surface area contributed by atoms with Crippen LogP contribution in [0, 0.1) is 23.4 Å². The van der Waals surface area contributed by atoms with E-state index in [1.807, 2.05) is 0 Å². The smallest absolute Gasteiger partial charge is 0.380 e. The third-order valence-corrected chi connectivity index (χ3v) is 3.56. The number of halogens is 6. The number of alkyl halides is 3. The Morgan fingerprint density at radius 2 is 1.40 bits per heavy atom. The van der Waals surface area contributed by atoms with Crippen molar-refractivity contribution in [3.05, 3.63) is 29.6 Å². The quantitative estimate of drug-likeness (QED) is 0.619. The van der Waals surface area contributed by atoms with E-state index < -0.39 is 29.5 Å². The van der Waals surface area contributed by atoms with Gasteiger partial charge >= 0.3 is 6.18 Å². The van der Waals surface area contributed by atoms with E-state index in [1.54, 1.807) is 0 Å². The maximum atomic E-state index is 13.4. The standard InChI is InChI=1S/C13H13F6N/c14-9-5-11(16)12(6-10(9)15)20-8-3-1-7(2-4-8)13(17,18)19/h5-8,20H,1-4H2. The van der Waals surface area contributed by atoms with Gasteiger partial charge in [-0.25, -0.2) is 13.2 Å². The van der Waals surface area contributed by atoms with Crippen molar-refractivity contribution in [2.24, 2.45) is 5.92 Å². The molecule has 7 heteroatoms. The fourth-order valence-corrected chi connectivity index (χ4v) is 2.42. The fraction of sp³-hybridized carbons (Fsp3) is 0.538. The lowest BCUT2D eigenvalue weighted by Crippen LogP contribution is -2.33. The van der Waals surface area contributed by atoms with E-state index in [-0.39, 0.29) is 37.4 Å². The van der Waals surface area contributed by atoms with E-state index >= 15 is 0 Å². The zero-order chi connectivity index (χ0) is 14.9. The van der Waals surface area contributed by atoms with Crippen molar-refractivity contribution in [3.8, 4) is 0 Å². The Labute approximate surface area is 112 Å². The molecule has 0 aliphatic heterocycles. The molecule has 20 heavy (non-hydrogen) atoms. The Hall–Kier alpha value is -1.40. The zero-order valence-electron chi connectivity index (χ0n) is 10.4. The van der Waals surface area contributed by atoms with E-state index in [0.29, 0.717) is 12.1 Å². The summed E-state index contributed by atoms with van der Waals surface area (Å²) < 4.78 is 76.6. The van der Waals surface area contributed by atoms with Crippen LogP contribution in [0.25, 0.3) is 0 Å². The Morgan fingerprint density at radius 3 is 1.95 bits per heavy atom. The van der Waals surface area contributed by atoms with Crippen molar-refractivity contribution in [3.63, 3.8) is 0 Å². The Bertz CT molecular complexity index is 476. The molecule has 0 radical (unpaired) electrons. The SMILES string of the molecule is Fc1cc(F)c(NC2CCC(C(F)(F)F)CC2)cc1F. The monoisotopic (exact) mass is 297 g/mol. The molecule has 1 aliphatic rings. The van der Waals surface area contributed by atoms with Crippen LogP contribution in [-0.4, -0.2) is 12.2 Å². The summed E-state index contributed by atoms with van der Waals surface area (Å²) in [6.07, 6.45) is -3.89. The van der Waals surface area contributed by atoms with Crippen LogP contribution in [0.5, 0.6) is 0 Å². The molecule has 1 aromatic carbocycles. The average Bonchev–Trinajstić information content (AvgIpc) is 2.35. The van der Waals surface area contributed by atoms with Crippen LogP contribution in [-0.2, 0) is 0 Å². The molecule has 0 atom stereocenters. The first kappa shape index (κ1) is 15.0. The highest BCUT2D eigenvalue weighted by Gasteiger charge is 2.41. The first-order valence-corrected chi connectivity index (χ1v) is 6.25. The van der Waals surface area contributed by atoms with Gasteiger partial charge in [0.25, 0.3) is 0 Å². The summed E-state index contributed by atoms with van der Waals surface area (Å²) in [6.45, 7) is 0. The highest BCUT2D eigenvalue weighted by atomic mass is 19.4. The minimum atomic E-state index is -4.21. The van der Waals surface area contributed by atoms with Crippen molar-refractivity contribution in [2.45, 2.75) is 37.9 Å². The molecule has 0 saturated heterocycles. The van der Waals surface area contributed by atoms with Gasteiger partial charge in [-0.1, -0.05) is 0 Å². The molecule has 1 nitrogen and oxygen atoms in total. The van der Waals surface area contributed by atoms with Gasteiger partial charge in [0, 0.05) is 18.2 Å². The molecule has 1 aromatic rings. The summed E-state index contributed by atoms with van der Waals surface area (Å²) in [6, 6.07) is 0.729. The molecule has 112 valence electrons. The van der Waals surface area contributed by atoms with Crippen LogP contribution in [0.2, 0.25) is 0 Å². The van der Waals surface area contributed by atoms with E-state index in [9.17, 15) is 26.3 Å². The van der Waals surface area contributed by atoms with Gasteiger partial charge in [0.05, 0.1) is 11.6 Å². The number of benzene rings is 1.